The van der Waals surface area contributed by atoms with Gasteiger partial charge < -0.3 is 4.74 Å². The van der Waals surface area contributed by atoms with E-state index in [0.717, 1.165) is 5.56 Å². The molecule has 0 bridgehead atoms. The molecule has 0 aliphatic carbocycles. The van der Waals surface area contributed by atoms with Crippen molar-refractivity contribution in [2.45, 2.75) is 19.6 Å². The van der Waals surface area contributed by atoms with Gasteiger partial charge in [-0.15, -0.1) is 0 Å². The summed E-state index contributed by atoms with van der Waals surface area (Å²) >= 11 is 0. The molecule has 0 fully saturated rings. The Labute approximate surface area is 73.3 Å². The average Bonchev–Trinajstić information content (AvgIpc) is 2.06. The number of benzene rings is 1. The Balaban J connectivity index is 2.82. The number of hydrogen-bond acceptors (Lipinski definition) is 2. The summed E-state index contributed by atoms with van der Waals surface area (Å²) in [6.07, 6.45) is 0. The van der Waals surface area contributed by atoms with E-state index in [4.69, 9.17) is 10.5 Å². The van der Waals surface area contributed by atoms with Gasteiger partial charge in [-0.1, -0.05) is 30.3 Å². The molecule has 1 unspecified atom stereocenters. The molecule has 0 spiro atoms. The van der Waals surface area contributed by atoms with Crippen LogP contribution in [0.1, 0.15) is 19.4 Å². The second-order valence-corrected chi connectivity index (χ2v) is 2.91. The zero-order valence-corrected chi connectivity index (χ0v) is 7.58. The summed E-state index contributed by atoms with van der Waals surface area (Å²) < 4.78 is 5.39. The lowest BCUT2D eigenvalue weighted by atomic mass is 10.1. The predicted octanol–water partition coefficient (Wildman–Crippen LogP) is 1.85. The lowest BCUT2D eigenvalue weighted by Gasteiger charge is -2.24. The van der Waals surface area contributed by atoms with Gasteiger partial charge in [0.15, 0.2) is 0 Å². The molecule has 1 rings (SSSR count). The van der Waals surface area contributed by atoms with Gasteiger partial charge in [-0.2, -0.15) is 0 Å². The maximum Gasteiger partial charge on any atom is 0.139 e. The minimum absolute atomic E-state index is 0.627. The third-order valence-corrected chi connectivity index (χ3v) is 1.79. The Morgan fingerprint density at radius 2 is 1.92 bits per heavy atom. The van der Waals surface area contributed by atoms with Gasteiger partial charge in [-0.3, -0.25) is 5.73 Å². The molecular weight excluding hydrogens is 150 g/mol. The normalized spacial score (nSPS) is 15.6. The SMILES string of the molecule is CCOC(C)(N)c1ccccc1. The summed E-state index contributed by atoms with van der Waals surface area (Å²) in [6, 6.07) is 9.82. The van der Waals surface area contributed by atoms with Crippen molar-refractivity contribution in [2.75, 3.05) is 6.61 Å². The van der Waals surface area contributed by atoms with E-state index in [1.54, 1.807) is 0 Å². The minimum Gasteiger partial charge on any atom is -0.357 e. The van der Waals surface area contributed by atoms with Gasteiger partial charge >= 0.3 is 0 Å². The van der Waals surface area contributed by atoms with Crippen molar-refractivity contribution in [1.29, 1.82) is 0 Å². The van der Waals surface area contributed by atoms with E-state index >= 15 is 0 Å². The van der Waals surface area contributed by atoms with Gasteiger partial charge in [0.25, 0.3) is 0 Å². The van der Waals surface area contributed by atoms with Crippen LogP contribution in [-0.2, 0) is 10.5 Å². The smallest absolute Gasteiger partial charge is 0.139 e. The first-order valence-corrected chi connectivity index (χ1v) is 4.15. The maximum atomic E-state index is 5.93. The largest absolute Gasteiger partial charge is 0.357 e. The highest BCUT2D eigenvalue weighted by Crippen LogP contribution is 2.17. The molecule has 0 heterocycles. The fourth-order valence-electron chi connectivity index (χ4n) is 1.15. The molecule has 66 valence electrons. The van der Waals surface area contributed by atoms with Crippen LogP contribution in [0.15, 0.2) is 30.3 Å². The van der Waals surface area contributed by atoms with E-state index in [1.807, 2.05) is 44.2 Å². The molecule has 1 aromatic rings. The van der Waals surface area contributed by atoms with Gasteiger partial charge in [-0.05, 0) is 19.4 Å². The molecule has 0 radical (unpaired) electrons. The van der Waals surface area contributed by atoms with Crippen molar-refractivity contribution in [2.24, 2.45) is 5.73 Å². The highest BCUT2D eigenvalue weighted by atomic mass is 16.5. The third-order valence-electron chi connectivity index (χ3n) is 1.79. The molecular formula is C10H15NO. The summed E-state index contributed by atoms with van der Waals surface area (Å²) in [5, 5.41) is 0. The quantitative estimate of drug-likeness (QED) is 0.694. The Morgan fingerprint density at radius 3 is 2.42 bits per heavy atom. The van der Waals surface area contributed by atoms with Crippen LogP contribution in [0.25, 0.3) is 0 Å². The first kappa shape index (κ1) is 9.23. The standard InChI is InChI=1S/C10H15NO/c1-3-12-10(2,11)9-7-5-4-6-8-9/h4-8H,3,11H2,1-2H3. The Bertz CT molecular complexity index is 231. The highest BCUT2D eigenvalue weighted by Gasteiger charge is 2.19. The van der Waals surface area contributed by atoms with Crippen LogP contribution < -0.4 is 5.73 Å². The molecule has 0 aliphatic rings. The number of rotatable bonds is 3. The van der Waals surface area contributed by atoms with Crippen molar-refractivity contribution >= 4 is 0 Å². The summed E-state index contributed by atoms with van der Waals surface area (Å²) in [5.74, 6) is 0. The molecule has 0 saturated heterocycles. The van der Waals surface area contributed by atoms with Gasteiger partial charge in [0.05, 0.1) is 0 Å². The minimum atomic E-state index is -0.657. The second kappa shape index (κ2) is 3.70. The van der Waals surface area contributed by atoms with Crippen LogP contribution in [0.2, 0.25) is 0 Å². The van der Waals surface area contributed by atoms with Crippen molar-refractivity contribution in [3.05, 3.63) is 35.9 Å². The summed E-state index contributed by atoms with van der Waals surface area (Å²) in [6.45, 7) is 4.43. The molecule has 0 saturated carbocycles. The highest BCUT2D eigenvalue weighted by molar-refractivity contribution is 5.20. The van der Waals surface area contributed by atoms with Crippen LogP contribution in [0.5, 0.6) is 0 Å². The van der Waals surface area contributed by atoms with Crippen LogP contribution in [0.3, 0.4) is 0 Å². The lowest BCUT2D eigenvalue weighted by molar-refractivity contribution is -0.0244. The molecule has 1 aromatic carbocycles. The average molecular weight is 165 g/mol. The first-order valence-electron chi connectivity index (χ1n) is 4.15. The Hall–Kier alpha value is -0.860. The van der Waals surface area contributed by atoms with Crippen molar-refractivity contribution in [3.8, 4) is 0 Å². The summed E-state index contributed by atoms with van der Waals surface area (Å²) in [4.78, 5) is 0. The fraction of sp³-hybridized carbons (Fsp3) is 0.400. The molecule has 1 atom stereocenters. The van der Waals surface area contributed by atoms with E-state index in [9.17, 15) is 0 Å². The van der Waals surface area contributed by atoms with Crippen LogP contribution >= 0.6 is 0 Å². The molecule has 2 N–H and O–H groups in total. The van der Waals surface area contributed by atoms with Crippen LogP contribution in [-0.4, -0.2) is 6.61 Å². The van der Waals surface area contributed by atoms with Gasteiger partial charge in [0.2, 0.25) is 0 Å². The first-order chi connectivity index (χ1) is 5.67. The zero-order chi connectivity index (χ0) is 9.03. The van der Waals surface area contributed by atoms with E-state index in [1.165, 1.54) is 0 Å². The topological polar surface area (TPSA) is 35.2 Å². The van der Waals surface area contributed by atoms with Crippen LogP contribution in [0, 0.1) is 0 Å². The van der Waals surface area contributed by atoms with Crippen molar-refractivity contribution in [3.63, 3.8) is 0 Å². The van der Waals surface area contributed by atoms with E-state index < -0.39 is 5.72 Å². The van der Waals surface area contributed by atoms with E-state index in [0.29, 0.717) is 6.61 Å². The Morgan fingerprint density at radius 1 is 1.33 bits per heavy atom. The van der Waals surface area contributed by atoms with Gasteiger partial charge in [0.1, 0.15) is 5.72 Å². The second-order valence-electron chi connectivity index (χ2n) is 2.91. The molecule has 0 amide bonds. The van der Waals surface area contributed by atoms with E-state index in [-0.39, 0.29) is 0 Å². The molecule has 0 aliphatic heterocycles. The van der Waals surface area contributed by atoms with Gasteiger partial charge in [0, 0.05) is 6.61 Å². The fourth-order valence-corrected chi connectivity index (χ4v) is 1.15. The van der Waals surface area contributed by atoms with Crippen LogP contribution in [0.4, 0.5) is 0 Å². The van der Waals surface area contributed by atoms with Crippen molar-refractivity contribution in [1.82, 2.24) is 0 Å². The number of hydrogen-bond donors (Lipinski definition) is 1. The summed E-state index contributed by atoms with van der Waals surface area (Å²) in [5.41, 5.74) is 6.28. The predicted molar refractivity (Wildman–Crippen MR) is 49.6 cm³/mol. The lowest BCUT2D eigenvalue weighted by Crippen LogP contribution is -2.36. The number of ether oxygens (including phenoxy) is 1. The summed E-state index contributed by atoms with van der Waals surface area (Å²) in [7, 11) is 0. The molecule has 2 nitrogen and oxygen atoms in total. The molecule has 12 heavy (non-hydrogen) atoms. The number of nitrogens with two attached hydrogens (primary N) is 1. The van der Waals surface area contributed by atoms with E-state index in [2.05, 4.69) is 0 Å². The van der Waals surface area contributed by atoms with Gasteiger partial charge in [-0.25, -0.2) is 0 Å². The molecule has 0 aromatic heterocycles. The third kappa shape index (κ3) is 2.06. The molecule has 2 heteroatoms. The monoisotopic (exact) mass is 165 g/mol. The Kier molecular flexibility index (Phi) is 2.84. The van der Waals surface area contributed by atoms with Crippen molar-refractivity contribution < 1.29 is 4.74 Å². The zero-order valence-electron chi connectivity index (χ0n) is 7.58. The maximum absolute atomic E-state index is 5.93.